The second-order valence-corrected chi connectivity index (χ2v) is 5.42. The number of carbonyl (C=O) groups is 1. The smallest absolute Gasteiger partial charge is 0.186 e. The van der Waals surface area contributed by atoms with Crippen molar-refractivity contribution >= 4 is 17.1 Å². The van der Waals surface area contributed by atoms with Gasteiger partial charge in [0.1, 0.15) is 0 Å². The van der Waals surface area contributed by atoms with E-state index in [1.807, 2.05) is 17.5 Å². The molecule has 4 heteroatoms. The quantitative estimate of drug-likeness (QED) is 0.629. The fourth-order valence-electron chi connectivity index (χ4n) is 2.24. The SMILES string of the molecule is O=C(CNC1CCCCCC1)c1cccs1.[Cl-]. The molecule has 0 radical (unpaired) electrons. The summed E-state index contributed by atoms with van der Waals surface area (Å²) in [5, 5.41) is 5.36. The van der Waals surface area contributed by atoms with E-state index in [9.17, 15) is 4.79 Å². The number of nitrogens with one attached hydrogen (secondary N) is 1. The molecule has 1 aromatic heterocycles. The van der Waals surface area contributed by atoms with Gasteiger partial charge in [-0.05, 0) is 24.3 Å². The van der Waals surface area contributed by atoms with E-state index >= 15 is 0 Å². The largest absolute Gasteiger partial charge is 1.00 e. The van der Waals surface area contributed by atoms with Crippen LogP contribution in [0.1, 0.15) is 48.2 Å². The summed E-state index contributed by atoms with van der Waals surface area (Å²) >= 11 is 1.53. The molecule has 1 heterocycles. The molecule has 1 fully saturated rings. The highest BCUT2D eigenvalue weighted by atomic mass is 35.5. The summed E-state index contributed by atoms with van der Waals surface area (Å²) in [7, 11) is 0. The fourth-order valence-corrected chi connectivity index (χ4v) is 2.91. The van der Waals surface area contributed by atoms with Crippen LogP contribution in [0, 0.1) is 0 Å². The van der Waals surface area contributed by atoms with E-state index in [4.69, 9.17) is 0 Å². The van der Waals surface area contributed by atoms with Gasteiger partial charge in [0.25, 0.3) is 0 Å². The lowest BCUT2D eigenvalue weighted by atomic mass is 10.1. The maximum Gasteiger partial charge on any atom is 0.186 e. The molecule has 0 aromatic carbocycles. The van der Waals surface area contributed by atoms with E-state index in [1.54, 1.807) is 0 Å². The summed E-state index contributed by atoms with van der Waals surface area (Å²) in [5.41, 5.74) is 0. The van der Waals surface area contributed by atoms with Gasteiger partial charge in [-0.15, -0.1) is 11.3 Å². The molecule has 0 bridgehead atoms. The minimum absolute atomic E-state index is 0. The highest BCUT2D eigenvalue weighted by Crippen LogP contribution is 2.17. The molecule has 1 aromatic rings. The molecule has 0 atom stereocenters. The monoisotopic (exact) mass is 272 g/mol. The van der Waals surface area contributed by atoms with Crippen LogP contribution >= 0.6 is 11.3 Å². The number of ketones is 1. The molecule has 0 amide bonds. The molecule has 0 spiro atoms. The molecule has 1 N–H and O–H groups in total. The third-order valence-electron chi connectivity index (χ3n) is 3.20. The van der Waals surface area contributed by atoms with Crippen molar-refractivity contribution in [3.63, 3.8) is 0 Å². The molecule has 96 valence electrons. The van der Waals surface area contributed by atoms with Crippen molar-refractivity contribution in [1.29, 1.82) is 0 Å². The Morgan fingerprint density at radius 2 is 2.00 bits per heavy atom. The molecule has 2 rings (SSSR count). The topological polar surface area (TPSA) is 29.1 Å². The van der Waals surface area contributed by atoms with E-state index < -0.39 is 0 Å². The number of hydrogen-bond donors (Lipinski definition) is 1. The van der Waals surface area contributed by atoms with Crippen LogP contribution in [-0.2, 0) is 0 Å². The average molecular weight is 273 g/mol. The number of hydrogen-bond acceptors (Lipinski definition) is 3. The van der Waals surface area contributed by atoms with E-state index in [0.717, 1.165) is 4.88 Å². The van der Waals surface area contributed by atoms with Crippen LogP contribution in [0.4, 0.5) is 0 Å². The minimum atomic E-state index is 0. The van der Waals surface area contributed by atoms with Crippen LogP contribution in [-0.4, -0.2) is 18.4 Å². The van der Waals surface area contributed by atoms with Gasteiger partial charge in [0.15, 0.2) is 5.78 Å². The number of carbonyl (C=O) groups excluding carboxylic acids is 1. The first kappa shape index (κ1) is 14.7. The van der Waals surface area contributed by atoms with E-state index in [0.29, 0.717) is 12.6 Å². The second-order valence-electron chi connectivity index (χ2n) is 4.47. The molecule has 0 unspecified atom stereocenters. The van der Waals surface area contributed by atoms with Crippen LogP contribution in [0.15, 0.2) is 17.5 Å². The molecule has 0 aliphatic heterocycles. The minimum Gasteiger partial charge on any atom is -1.00 e. The Bertz CT molecular complexity index is 318. The van der Waals surface area contributed by atoms with Gasteiger partial charge in [-0.25, -0.2) is 0 Å². The highest BCUT2D eigenvalue weighted by Gasteiger charge is 2.13. The Morgan fingerprint density at radius 1 is 1.29 bits per heavy atom. The van der Waals surface area contributed by atoms with Gasteiger partial charge in [-0.1, -0.05) is 31.7 Å². The van der Waals surface area contributed by atoms with Gasteiger partial charge in [0, 0.05) is 6.04 Å². The van der Waals surface area contributed by atoms with Gasteiger partial charge >= 0.3 is 0 Å². The first-order valence-electron chi connectivity index (χ1n) is 6.16. The first-order valence-corrected chi connectivity index (χ1v) is 7.04. The Labute approximate surface area is 113 Å². The normalized spacial score (nSPS) is 17.2. The Balaban J connectivity index is 0.00000144. The molecule has 1 aliphatic rings. The zero-order valence-corrected chi connectivity index (χ0v) is 11.5. The summed E-state index contributed by atoms with van der Waals surface area (Å²) in [6.07, 6.45) is 7.80. The first-order chi connectivity index (χ1) is 7.86. The number of halogens is 1. The van der Waals surface area contributed by atoms with Gasteiger partial charge in [0.05, 0.1) is 11.4 Å². The van der Waals surface area contributed by atoms with Gasteiger partial charge in [-0.2, -0.15) is 0 Å². The lowest BCUT2D eigenvalue weighted by Gasteiger charge is -2.14. The third kappa shape index (κ3) is 4.78. The summed E-state index contributed by atoms with van der Waals surface area (Å²) < 4.78 is 0. The van der Waals surface area contributed by atoms with Crippen molar-refractivity contribution < 1.29 is 17.2 Å². The molecular weight excluding hydrogens is 254 g/mol. The maximum absolute atomic E-state index is 11.8. The van der Waals surface area contributed by atoms with Crippen LogP contribution in [0.2, 0.25) is 0 Å². The zero-order valence-electron chi connectivity index (χ0n) is 9.95. The zero-order chi connectivity index (χ0) is 11.2. The molecule has 17 heavy (non-hydrogen) atoms. The number of Topliss-reactive ketones (excluding diaryl/α,β-unsaturated/α-hetero) is 1. The van der Waals surface area contributed by atoms with Gasteiger partial charge in [-0.3, -0.25) is 4.79 Å². The lowest BCUT2D eigenvalue weighted by molar-refractivity contribution is -0.0000110. The number of rotatable bonds is 4. The van der Waals surface area contributed by atoms with E-state index in [2.05, 4.69) is 5.32 Å². The van der Waals surface area contributed by atoms with Crippen molar-refractivity contribution in [2.45, 2.75) is 44.6 Å². The van der Waals surface area contributed by atoms with Gasteiger partial charge in [0.2, 0.25) is 0 Å². The second kappa shape index (κ2) is 7.85. The van der Waals surface area contributed by atoms with Crippen LogP contribution in [0.25, 0.3) is 0 Å². The molecule has 2 nitrogen and oxygen atoms in total. The van der Waals surface area contributed by atoms with Crippen LogP contribution < -0.4 is 17.7 Å². The van der Waals surface area contributed by atoms with Crippen molar-refractivity contribution in [3.8, 4) is 0 Å². The maximum atomic E-state index is 11.8. The Kier molecular flexibility index (Phi) is 6.78. The van der Waals surface area contributed by atoms with Gasteiger partial charge < -0.3 is 17.7 Å². The van der Waals surface area contributed by atoms with Crippen molar-refractivity contribution in [3.05, 3.63) is 22.4 Å². The van der Waals surface area contributed by atoms with E-state index in [1.165, 1.54) is 49.9 Å². The summed E-state index contributed by atoms with van der Waals surface area (Å²) in [6, 6.07) is 4.40. The Morgan fingerprint density at radius 3 is 2.59 bits per heavy atom. The molecular formula is C13H19ClNOS-. The molecule has 1 aliphatic carbocycles. The molecule has 0 saturated heterocycles. The highest BCUT2D eigenvalue weighted by molar-refractivity contribution is 7.12. The predicted molar refractivity (Wildman–Crippen MR) is 68.1 cm³/mol. The molecule has 1 saturated carbocycles. The summed E-state index contributed by atoms with van der Waals surface area (Å²) in [6.45, 7) is 0.505. The van der Waals surface area contributed by atoms with Crippen molar-refractivity contribution in [1.82, 2.24) is 5.32 Å². The van der Waals surface area contributed by atoms with Crippen molar-refractivity contribution in [2.75, 3.05) is 6.54 Å². The summed E-state index contributed by atoms with van der Waals surface area (Å²) in [5.74, 6) is 0.235. The van der Waals surface area contributed by atoms with Crippen molar-refractivity contribution in [2.24, 2.45) is 0 Å². The predicted octanol–water partition coefficient (Wildman–Crippen LogP) is 0.247. The van der Waals surface area contributed by atoms with Crippen LogP contribution in [0.5, 0.6) is 0 Å². The average Bonchev–Trinajstić information content (AvgIpc) is 2.71. The Hall–Kier alpha value is -0.380. The van der Waals surface area contributed by atoms with E-state index in [-0.39, 0.29) is 18.2 Å². The summed E-state index contributed by atoms with van der Waals surface area (Å²) in [4.78, 5) is 12.7. The third-order valence-corrected chi connectivity index (χ3v) is 4.11. The fraction of sp³-hybridized carbons (Fsp3) is 0.615. The van der Waals surface area contributed by atoms with Crippen LogP contribution in [0.3, 0.4) is 0 Å². The lowest BCUT2D eigenvalue weighted by Crippen LogP contribution is -3.00. The standard InChI is InChI=1S/C13H19NOS.ClH/c15-12(13-8-5-9-16-13)10-14-11-6-3-1-2-4-7-11;/h5,8-9,11,14H,1-4,6-7,10H2;1H/p-1. The number of thiophene rings is 1.